The standard InChI is InChI=1S/C17H25F2N/c1-12(2)10-20-11-14-5-3-4-6-15(14)13-7-8-16(18)17(19)9-13/h7-9,12,14-15,20H,3-6,10-11H2,1-2H3. The maximum absolute atomic E-state index is 13.4. The van der Waals surface area contributed by atoms with Crippen molar-refractivity contribution in [1.29, 1.82) is 0 Å². The third kappa shape index (κ3) is 4.02. The van der Waals surface area contributed by atoms with E-state index in [1.807, 2.05) is 0 Å². The number of nitrogens with one attached hydrogen (secondary N) is 1. The Hall–Kier alpha value is -0.960. The van der Waals surface area contributed by atoms with Crippen LogP contribution >= 0.6 is 0 Å². The molecule has 0 saturated heterocycles. The molecule has 0 amide bonds. The number of hydrogen-bond acceptors (Lipinski definition) is 1. The van der Waals surface area contributed by atoms with E-state index < -0.39 is 11.6 Å². The van der Waals surface area contributed by atoms with Crippen molar-refractivity contribution in [1.82, 2.24) is 5.32 Å². The Bertz CT molecular complexity index is 431. The van der Waals surface area contributed by atoms with Gasteiger partial charge in [-0.15, -0.1) is 0 Å². The van der Waals surface area contributed by atoms with E-state index in [1.165, 1.54) is 31.4 Å². The molecule has 1 N–H and O–H groups in total. The smallest absolute Gasteiger partial charge is 0.159 e. The molecule has 1 saturated carbocycles. The lowest BCUT2D eigenvalue weighted by Gasteiger charge is -2.32. The van der Waals surface area contributed by atoms with E-state index in [4.69, 9.17) is 0 Å². The van der Waals surface area contributed by atoms with Crippen LogP contribution in [0.3, 0.4) is 0 Å². The normalized spacial score (nSPS) is 23.2. The van der Waals surface area contributed by atoms with Gasteiger partial charge in [0, 0.05) is 0 Å². The van der Waals surface area contributed by atoms with Crippen molar-refractivity contribution in [3.63, 3.8) is 0 Å². The van der Waals surface area contributed by atoms with Crippen molar-refractivity contribution >= 4 is 0 Å². The van der Waals surface area contributed by atoms with Crippen LogP contribution < -0.4 is 5.32 Å². The highest BCUT2D eigenvalue weighted by molar-refractivity contribution is 5.23. The zero-order valence-electron chi connectivity index (χ0n) is 12.5. The second kappa shape index (κ2) is 7.16. The lowest BCUT2D eigenvalue weighted by Crippen LogP contribution is -2.31. The molecule has 2 atom stereocenters. The molecule has 0 bridgehead atoms. The molecule has 0 aromatic heterocycles. The molecule has 2 unspecified atom stereocenters. The maximum atomic E-state index is 13.4. The summed E-state index contributed by atoms with van der Waals surface area (Å²) >= 11 is 0. The highest BCUT2D eigenvalue weighted by atomic mass is 19.2. The minimum Gasteiger partial charge on any atom is -0.316 e. The van der Waals surface area contributed by atoms with Crippen molar-refractivity contribution in [3.05, 3.63) is 35.4 Å². The van der Waals surface area contributed by atoms with Crippen molar-refractivity contribution in [2.45, 2.75) is 45.4 Å². The number of halogens is 2. The third-order valence-electron chi connectivity index (χ3n) is 4.24. The van der Waals surface area contributed by atoms with Crippen LogP contribution in [0.1, 0.15) is 51.0 Å². The highest BCUT2D eigenvalue weighted by Gasteiger charge is 2.26. The van der Waals surface area contributed by atoms with Gasteiger partial charge in [-0.3, -0.25) is 0 Å². The lowest BCUT2D eigenvalue weighted by molar-refractivity contribution is 0.291. The van der Waals surface area contributed by atoms with Gasteiger partial charge in [-0.2, -0.15) is 0 Å². The maximum Gasteiger partial charge on any atom is 0.159 e. The van der Waals surface area contributed by atoms with Crippen LogP contribution in [0.4, 0.5) is 8.78 Å². The van der Waals surface area contributed by atoms with Crippen LogP contribution in [0.15, 0.2) is 18.2 Å². The molecule has 0 spiro atoms. The topological polar surface area (TPSA) is 12.0 Å². The first kappa shape index (κ1) is 15.4. The molecular formula is C17H25F2N. The monoisotopic (exact) mass is 281 g/mol. The molecule has 20 heavy (non-hydrogen) atoms. The first-order valence-electron chi connectivity index (χ1n) is 7.73. The summed E-state index contributed by atoms with van der Waals surface area (Å²) in [5.41, 5.74) is 0.958. The van der Waals surface area contributed by atoms with Crippen LogP contribution in [0.2, 0.25) is 0 Å². The summed E-state index contributed by atoms with van der Waals surface area (Å²) in [5, 5.41) is 3.51. The third-order valence-corrected chi connectivity index (χ3v) is 4.24. The van der Waals surface area contributed by atoms with Gasteiger partial charge in [0.05, 0.1) is 0 Å². The van der Waals surface area contributed by atoms with E-state index in [2.05, 4.69) is 19.2 Å². The zero-order chi connectivity index (χ0) is 14.5. The molecule has 1 fully saturated rings. The summed E-state index contributed by atoms with van der Waals surface area (Å²) in [4.78, 5) is 0. The summed E-state index contributed by atoms with van der Waals surface area (Å²) in [5.74, 6) is 0.0622. The average molecular weight is 281 g/mol. The Kier molecular flexibility index (Phi) is 5.53. The van der Waals surface area contributed by atoms with Crippen LogP contribution in [-0.4, -0.2) is 13.1 Å². The molecule has 0 radical (unpaired) electrons. The lowest BCUT2D eigenvalue weighted by atomic mass is 9.75. The zero-order valence-corrected chi connectivity index (χ0v) is 12.5. The van der Waals surface area contributed by atoms with Gasteiger partial charge in [-0.05, 0) is 61.4 Å². The van der Waals surface area contributed by atoms with Crippen molar-refractivity contribution in [2.24, 2.45) is 11.8 Å². The Morgan fingerprint density at radius 2 is 1.90 bits per heavy atom. The first-order valence-corrected chi connectivity index (χ1v) is 7.73. The van der Waals surface area contributed by atoms with E-state index in [0.29, 0.717) is 17.8 Å². The molecule has 2 rings (SSSR count). The molecule has 1 aliphatic carbocycles. The summed E-state index contributed by atoms with van der Waals surface area (Å²) in [6, 6.07) is 4.41. The number of benzene rings is 1. The average Bonchev–Trinajstić information content (AvgIpc) is 2.42. The molecule has 3 heteroatoms. The fraction of sp³-hybridized carbons (Fsp3) is 0.647. The Morgan fingerprint density at radius 1 is 1.15 bits per heavy atom. The Labute approximate surface area is 120 Å². The SMILES string of the molecule is CC(C)CNCC1CCCCC1c1ccc(F)c(F)c1. The quantitative estimate of drug-likeness (QED) is 0.839. The van der Waals surface area contributed by atoms with Crippen molar-refractivity contribution in [2.75, 3.05) is 13.1 Å². The molecule has 112 valence electrons. The summed E-state index contributed by atoms with van der Waals surface area (Å²) in [7, 11) is 0. The summed E-state index contributed by atoms with van der Waals surface area (Å²) in [6.07, 6.45) is 4.69. The van der Waals surface area contributed by atoms with Gasteiger partial charge in [0.25, 0.3) is 0 Å². The van der Waals surface area contributed by atoms with Gasteiger partial charge in [-0.25, -0.2) is 8.78 Å². The van der Waals surface area contributed by atoms with Gasteiger partial charge in [-0.1, -0.05) is 32.8 Å². The molecular weight excluding hydrogens is 256 g/mol. The molecule has 1 aromatic carbocycles. The van der Waals surface area contributed by atoms with Gasteiger partial charge in [0.2, 0.25) is 0 Å². The largest absolute Gasteiger partial charge is 0.316 e. The second-order valence-corrected chi connectivity index (χ2v) is 6.38. The van der Waals surface area contributed by atoms with Crippen LogP contribution in [0.5, 0.6) is 0 Å². The van der Waals surface area contributed by atoms with Gasteiger partial charge in [0.15, 0.2) is 11.6 Å². The fourth-order valence-electron chi connectivity index (χ4n) is 3.19. The van der Waals surface area contributed by atoms with Crippen LogP contribution in [-0.2, 0) is 0 Å². The molecule has 1 nitrogen and oxygen atoms in total. The second-order valence-electron chi connectivity index (χ2n) is 6.38. The van der Waals surface area contributed by atoms with E-state index in [9.17, 15) is 8.78 Å². The van der Waals surface area contributed by atoms with E-state index in [0.717, 1.165) is 25.1 Å². The first-order chi connectivity index (χ1) is 9.58. The highest BCUT2D eigenvalue weighted by Crippen LogP contribution is 2.37. The van der Waals surface area contributed by atoms with Gasteiger partial charge >= 0.3 is 0 Å². The fourth-order valence-corrected chi connectivity index (χ4v) is 3.19. The Morgan fingerprint density at radius 3 is 2.60 bits per heavy atom. The Balaban J connectivity index is 2.03. The van der Waals surface area contributed by atoms with Crippen molar-refractivity contribution in [3.8, 4) is 0 Å². The van der Waals surface area contributed by atoms with E-state index in [1.54, 1.807) is 6.07 Å². The van der Waals surface area contributed by atoms with Crippen molar-refractivity contribution < 1.29 is 8.78 Å². The predicted octanol–water partition coefficient (Wildman–Crippen LogP) is 4.48. The minimum atomic E-state index is -0.751. The number of rotatable bonds is 5. The molecule has 0 aliphatic heterocycles. The van der Waals surface area contributed by atoms with E-state index in [-0.39, 0.29) is 0 Å². The van der Waals surface area contributed by atoms with E-state index >= 15 is 0 Å². The predicted molar refractivity (Wildman–Crippen MR) is 78.8 cm³/mol. The molecule has 1 aliphatic rings. The van der Waals surface area contributed by atoms with Gasteiger partial charge in [0.1, 0.15) is 0 Å². The summed E-state index contributed by atoms with van der Waals surface area (Å²) in [6.45, 7) is 6.38. The number of hydrogen-bond donors (Lipinski definition) is 1. The van der Waals surface area contributed by atoms with Crippen LogP contribution in [0.25, 0.3) is 0 Å². The minimum absolute atomic E-state index is 0.360. The molecule has 1 aromatic rings. The van der Waals surface area contributed by atoms with Crippen LogP contribution in [0, 0.1) is 23.5 Å². The summed E-state index contributed by atoms with van der Waals surface area (Å²) < 4.78 is 26.5. The van der Waals surface area contributed by atoms with Gasteiger partial charge < -0.3 is 5.32 Å². The molecule has 0 heterocycles.